The zero-order valence-electron chi connectivity index (χ0n) is 10.8. The van der Waals surface area contributed by atoms with Crippen LogP contribution in [0.4, 0.5) is 0 Å². The van der Waals surface area contributed by atoms with Crippen LogP contribution in [0.1, 0.15) is 12.0 Å². The number of carbonyl (C=O) groups is 1. The summed E-state index contributed by atoms with van der Waals surface area (Å²) in [6.07, 6.45) is 1.08. The highest BCUT2D eigenvalue weighted by Gasteiger charge is 2.15. The Morgan fingerprint density at radius 2 is 1.89 bits per heavy atom. The maximum atomic E-state index is 11.5. The number of sulfone groups is 1. The lowest BCUT2D eigenvalue weighted by atomic mass is 10.1. The van der Waals surface area contributed by atoms with Gasteiger partial charge in [-0.3, -0.25) is 4.79 Å². The number of rotatable bonds is 8. The zero-order chi connectivity index (χ0) is 14.1. The Kier molecular flexibility index (Phi) is 6.52. The van der Waals surface area contributed by atoms with E-state index in [0.29, 0.717) is 25.9 Å². The van der Waals surface area contributed by atoms with Crippen LogP contribution in [0.25, 0.3) is 0 Å². The van der Waals surface area contributed by atoms with E-state index >= 15 is 0 Å². The third-order valence-corrected chi connectivity index (χ3v) is 4.20. The number of benzene rings is 1. The summed E-state index contributed by atoms with van der Waals surface area (Å²) in [5.41, 5.74) is 6.35. The smallest absolute Gasteiger partial charge is 0.235 e. The normalized spacial score (nSPS) is 11.2. The summed E-state index contributed by atoms with van der Waals surface area (Å²) in [5, 5.41) is 2.61. The molecule has 0 aliphatic rings. The molecule has 6 heteroatoms. The molecular weight excluding hydrogens is 264 g/mol. The molecular formula is C13H20N2O3S. The minimum absolute atomic E-state index is 0.0321. The van der Waals surface area contributed by atoms with E-state index in [2.05, 4.69) is 5.32 Å². The van der Waals surface area contributed by atoms with Gasteiger partial charge in [-0.2, -0.15) is 0 Å². The standard InChI is InChI=1S/C13H20N2O3S/c14-8-4-10-19(17,18)11-13(16)15-9-7-12-5-2-1-3-6-12/h1-3,5-6H,4,7-11,14H2,(H,15,16). The van der Waals surface area contributed by atoms with E-state index in [-0.39, 0.29) is 5.75 Å². The Morgan fingerprint density at radius 1 is 1.21 bits per heavy atom. The van der Waals surface area contributed by atoms with Crippen molar-refractivity contribution in [3.05, 3.63) is 35.9 Å². The van der Waals surface area contributed by atoms with Crippen LogP contribution in [0.15, 0.2) is 30.3 Å². The maximum Gasteiger partial charge on any atom is 0.235 e. The SMILES string of the molecule is NCCCS(=O)(=O)CC(=O)NCCc1ccccc1. The van der Waals surface area contributed by atoms with E-state index in [9.17, 15) is 13.2 Å². The van der Waals surface area contributed by atoms with Crippen molar-refractivity contribution in [2.24, 2.45) is 5.73 Å². The molecule has 1 amide bonds. The second kappa shape index (κ2) is 7.91. The number of amides is 1. The summed E-state index contributed by atoms with van der Waals surface area (Å²) < 4.78 is 23.0. The third kappa shape index (κ3) is 6.93. The van der Waals surface area contributed by atoms with Crippen LogP contribution < -0.4 is 11.1 Å². The van der Waals surface area contributed by atoms with E-state index < -0.39 is 21.5 Å². The Hall–Kier alpha value is -1.40. The van der Waals surface area contributed by atoms with E-state index in [4.69, 9.17) is 5.73 Å². The van der Waals surface area contributed by atoms with Gasteiger partial charge in [0.15, 0.2) is 9.84 Å². The molecule has 0 bridgehead atoms. The molecule has 0 saturated heterocycles. The van der Waals surface area contributed by atoms with E-state index in [1.54, 1.807) is 0 Å². The highest BCUT2D eigenvalue weighted by molar-refractivity contribution is 7.92. The maximum absolute atomic E-state index is 11.5. The highest BCUT2D eigenvalue weighted by Crippen LogP contribution is 1.98. The van der Waals surface area contributed by atoms with Gasteiger partial charge in [-0.25, -0.2) is 8.42 Å². The van der Waals surface area contributed by atoms with Crippen LogP contribution in [-0.4, -0.2) is 38.9 Å². The molecule has 0 spiro atoms. The molecule has 0 atom stereocenters. The molecule has 0 aliphatic heterocycles. The summed E-state index contributed by atoms with van der Waals surface area (Å²) in [7, 11) is -3.33. The molecule has 0 heterocycles. The molecule has 0 unspecified atom stereocenters. The molecule has 5 nitrogen and oxygen atoms in total. The van der Waals surface area contributed by atoms with Crippen molar-refractivity contribution in [1.29, 1.82) is 0 Å². The van der Waals surface area contributed by atoms with Crippen molar-refractivity contribution in [2.45, 2.75) is 12.8 Å². The summed E-state index contributed by atoms with van der Waals surface area (Å²) >= 11 is 0. The van der Waals surface area contributed by atoms with Crippen LogP contribution >= 0.6 is 0 Å². The fourth-order valence-electron chi connectivity index (χ4n) is 1.62. The van der Waals surface area contributed by atoms with E-state index in [0.717, 1.165) is 5.56 Å². The second-order valence-electron chi connectivity index (χ2n) is 4.32. The Morgan fingerprint density at radius 3 is 2.53 bits per heavy atom. The molecule has 106 valence electrons. The molecule has 19 heavy (non-hydrogen) atoms. The van der Waals surface area contributed by atoms with E-state index in [1.165, 1.54) is 0 Å². The van der Waals surface area contributed by atoms with Crippen LogP contribution in [-0.2, 0) is 21.1 Å². The number of carbonyl (C=O) groups excluding carboxylic acids is 1. The Bertz CT molecular complexity index is 486. The quantitative estimate of drug-likeness (QED) is 0.709. The Labute approximate surface area is 114 Å². The Balaban J connectivity index is 2.28. The summed E-state index contributed by atoms with van der Waals surface area (Å²) in [4.78, 5) is 11.5. The number of nitrogens with one attached hydrogen (secondary N) is 1. The second-order valence-corrected chi connectivity index (χ2v) is 6.50. The molecule has 1 rings (SSSR count). The highest BCUT2D eigenvalue weighted by atomic mass is 32.2. The summed E-state index contributed by atoms with van der Waals surface area (Å²) in [6, 6.07) is 9.70. The zero-order valence-corrected chi connectivity index (χ0v) is 11.7. The van der Waals surface area contributed by atoms with Gasteiger partial charge >= 0.3 is 0 Å². The van der Waals surface area contributed by atoms with Gasteiger partial charge in [0.05, 0.1) is 5.75 Å². The average Bonchev–Trinajstić information content (AvgIpc) is 2.37. The average molecular weight is 284 g/mol. The van der Waals surface area contributed by atoms with Gasteiger partial charge in [0.25, 0.3) is 0 Å². The first-order valence-electron chi connectivity index (χ1n) is 6.24. The molecule has 1 aromatic rings. The van der Waals surface area contributed by atoms with E-state index in [1.807, 2.05) is 30.3 Å². The molecule has 3 N–H and O–H groups in total. The summed E-state index contributed by atoms with van der Waals surface area (Å²) in [6.45, 7) is 0.754. The fraction of sp³-hybridized carbons (Fsp3) is 0.462. The van der Waals surface area contributed by atoms with Gasteiger partial charge < -0.3 is 11.1 Å². The minimum Gasteiger partial charge on any atom is -0.355 e. The molecule has 1 aromatic carbocycles. The van der Waals surface area contributed by atoms with Gasteiger partial charge in [0.2, 0.25) is 5.91 Å². The lowest BCUT2D eigenvalue weighted by molar-refractivity contribution is -0.118. The number of nitrogens with two attached hydrogens (primary N) is 1. The van der Waals surface area contributed by atoms with Crippen molar-refractivity contribution in [1.82, 2.24) is 5.32 Å². The van der Waals surface area contributed by atoms with Crippen LogP contribution in [0.2, 0.25) is 0 Å². The number of hydrogen-bond acceptors (Lipinski definition) is 4. The fourth-order valence-corrected chi connectivity index (χ4v) is 2.87. The molecule has 0 saturated carbocycles. The van der Waals surface area contributed by atoms with Crippen molar-refractivity contribution in [2.75, 3.05) is 24.6 Å². The molecule has 0 fully saturated rings. The van der Waals surface area contributed by atoms with Crippen molar-refractivity contribution < 1.29 is 13.2 Å². The third-order valence-electron chi connectivity index (χ3n) is 2.59. The largest absolute Gasteiger partial charge is 0.355 e. The summed E-state index contributed by atoms with van der Waals surface area (Å²) in [5.74, 6) is -0.940. The predicted octanol–water partition coefficient (Wildman–Crippen LogP) is 0.109. The van der Waals surface area contributed by atoms with Crippen molar-refractivity contribution in [3.8, 4) is 0 Å². The lowest BCUT2D eigenvalue weighted by Gasteiger charge is -2.06. The molecule has 0 aromatic heterocycles. The van der Waals surface area contributed by atoms with Crippen molar-refractivity contribution >= 4 is 15.7 Å². The van der Waals surface area contributed by atoms with Gasteiger partial charge in [-0.05, 0) is 24.9 Å². The first-order valence-corrected chi connectivity index (χ1v) is 8.07. The van der Waals surface area contributed by atoms with Gasteiger partial charge in [-0.1, -0.05) is 30.3 Å². The monoisotopic (exact) mass is 284 g/mol. The van der Waals surface area contributed by atoms with Gasteiger partial charge in [-0.15, -0.1) is 0 Å². The molecule has 0 radical (unpaired) electrons. The number of hydrogen-bond donors (Lipinski definition) is 2. The lowest BCUT2D eigenvalue weighted by Crippen LogP contribution is -2.32. The van der Waals surface area contributed by atoms with Gasteiger partial charge in [0.1, 0.15) is 5.75 Å². The first-order chi connectivity index (χ1) is 9.03. The minimum atomic E-state index is -3.33. The van der Waals surface area contributed by atoms with Crippen LogP contribution in [0.5, 0.6) is 0 Å². The van der Waals surface area contributed by atoms with Crippen molar-refractivity contribution in [3.63, 3.8) is 0 Å². The topological polar surface area (TPSA) is 89.3 Å². The predicted molar refractivity (Wildman–Crippen MR) is 75.5 cm³/mol. The van der Waals surface area contributed by atoms with Crippen LogP contribution in [0, 0.1) is 0 Å². The molecule has 0 aliphatic carbocycles. The first kappa shape index (κ1) is 15.7. The van der Waals surface area contributed by atoms with Gasteiger partial charge in [0, 0.05) is 6.54 Å². The van der Waals surface area contributed by atoms with Crippen LogP contribution in [0.3, 0.4) is 0 Å².